The predicted molar refractivity (Wildman–Crippen MR) is 75.2 cm³/mol. The Labute approximate surface area is 118 Å². The average Bonchev–Trinajstić information content (AvgIpc) is 3.01. The van der Waals surface area contributed by atoms with Crippen LogP contribution < -0.4 is 5.32 Å². The first-order valence-electron chi connectivity index (χ1n) is 7.23. The Morgan fingerprint density at radius 3 is 2.70 bits per heavy atom. The van der Waals surface area contributed by atoms with Gasteiger partial charge in [0.15, 0.2) is 0 Å². The molecule has 2 aliphatic rings. The Hall–Kier alpha value is -1.46. The first kappa shape index (κ1) is 13.5. The lowest BCUT2D eigenvalue weighted by molar-refractivity contribution is 0.0583. The molecular weight excluding hydrogens is 257 g/mol. The molecule has 1 aromatic rings. The van der Waals surface area contributed by atoms with Crippen LogP contribution in [0.1, 0.15) is 16.8 Å². The fraction of sp³-hybridized carbons (Fsp3) is 0.533. The van der Waals surface area contributed by atoms with E-state index in [0.717, 1.165) is 39.3 Å². The number of hydrogen-bond acceptors (Lipinski definition) is 3. The van der Waals surface area contributed by atoms with E-state index in [1.54, 1.807) is 12.1 Å². The molecule has 3 rings (SSSR count). The van der Waals surface area contributed by atoms with Crippen LogP contribution in [0.2, 0.25) is 0 Å². The lowest BCUT2D eigenvalue weighted by Gasteiger charge is -2.37. The Balaban J connectivity index is 1.58. The molecule has 1 aromatic carbocycles. The molecule has 2 saturated heterocycles. The summed E-state index contributed by atoms with van der Waals surface area (Å²) in [5, 5.41) is 3.37. The van der Waals surface area contributed by atoms with Gasteiger partial charge in [0.1, 0.15) is 5.82 Å². The van der Waals surface area contributed by atoms with Gasteiger partial charge >= 0.3 is 0 Å². The molecular formula is C15H20FN3O. The highest BCUT2D eigenvalue weighted by atomic mass is 19.1. The normalized spacial score (nSPS) is 24.1. The van der Waals surface area contributed by atoms with Gasteiger partial charge < -0.3 is 10.2 Å². The van der Waals surface area contributed by atoms with Gasteiger partial charge in [-0.15, -0.1) is 0 Å². The van der Waals surface area contributed by atoms with Crippen LogP contribution in [0.15, 0.2) is 24.3 Å². The number of rotatable bonds is 2. The van der Waals surface area contributed by atoms with Crippen molar-refractivity contribution in [1.82, 2.24) is 15.1 Å². The van der Waals surface area contributed by atoms with Gasteiger partial charge in [0.2, 0.25) is 0 Å². The van der Waals surface area contributed by atoms with Gasteiger partial charge in [-0.3, -0.25) is 9.69 Å². The van der Waals surface area contributed by atoms with Crippen LogP contribution in [0.4, 0.5) is 4.39 Å². The summed E-state index contributed by atoms with van der Waals surface area (Å²) in [6, 6.07) is 6.56. The summed E-state index contributed by atoms with van der Waals surface area (Å²) in [6.07, 6.45) is 1.19. The molecule has 0 spiro atoms. The third-order valence-corrected chi connectivity index (χ3v) is 4.22. The minimum Gasteiger partial charge on any atom is -0.336 e. The molecule has 2 fully saturated rings. The summed E-state index contributed by atoms with van der Waals surface area (Å²) in [5.41, 5.74) is 0.445. The standard InChI is InChI=1S/C15H20FN3O/c16-13-3-1-2-12(10-13)15(20)19-8-6-18(7-9-19)14-4-5-17-11-14/h1-3,10,14,17H,4-9,11H2. The fourth-order valence-electron chi connectivity index (χ4n) is 3.05. The number of nitrogens with one attached hydrogen (secondary N) is 1. The lowest BCUT2D eigenvalue weighted by atomic mass is 10.1. The maximum absolute atomic E-state index is 13.2. The van der Waals surface area contributed by atoms with E-state index in [4.69, 9.17) is 0 Å². The molecule has 0 aliphatic carbocycles. The largest absolute Gasteiger partial charge is 0.336 e. The first-order chi connectivity index (χ1) is 9.74. The first-order valence-corrected chi connectivity index (χ1v) is 7.23. The van der Waals surface area contributed by atoms with E-state index >= 15 is 0 Å². The molecule has 0 saturated carbocycles. The van der Waals surface area contributed by atoms with E-state index in [9.17, 15) is 9.18 Å². The maximum Gasteiger partial charge on any atom is 0.254 e. The Bertz CT molecular complexity index is 480. The minimum atomic E-state index is -0.355. The molecule has 2 aliphatic heterocycles. The van der Waals surface area contributed by atoms with Crippen molar-refractivity contribution in [2.24, 2.45) is 0 Å². The van der Waals surface area contributed by atoms with Crippen molar-refractivity contribution in [3.05, 3.63) is 35.6 Å². The van der Waals surface area contributed by atoms with Gasteiger partial charge in [0.25, 0.3) is 5.91 Å². The molecule has 108 valence electrons. The molecule has 20 heavy (non-hydrogen) atoms. The van der Waals surface area contributed by atoms with Crippen LogP contribution in [0.3, 0.4) is 0 Å². The number of hydrogen-bond donors (Lipinski definition) is 1. The molecule has 1 amide bonds. The molecule has 0 aromatic heterocycles. The smallest absolute Gasteiger partial charge is 0.254 e. The Morgan fingerprint density at radius 1 is 1.25 bits per heavy atom. The minimum absolute atomic E-state index is 0.0614. The summed E-state index contributed by atoms with van der Waals surface area (Å²) in [7, 11) is 0. The van der Waals surface area contributed by atoms with Crippen molar-refractivity contribution in [2.75, 3.05) is 39.3 Å². The molecule has 0 radical (unpaired) electrons. The van der Waals surface area contributed by atoms with E-state index in [1.807, 2.05) is 4.90 Å². The van der Waals surface area contributed by atoms with Gasteiger partial charge in [0.05, 0.1) is 0 Å². The van der Waals surface area contributed by atoms with E-state index in [1.165, 1.54) is 18.6 Å². The lowest BCUT2D eigenvalue weighted by Crippen LogP contribution is -2.52. The van der Waals surface area contributed by atoms with Gasteiger partial charge in [0, 0.05) is 44.3 Å². The third-order valence-electron chi connectivity index (χ3n) is 4.22. The van der Waals surface area contributed by atoms with Gasteiger partial charge in [-0.1, -0.05) is 6.07 Å². The Kier molecular flexibility index (Phi) is 3.98. The van der Waals surface area contributed by atoms with E-state index in [2.05, 4.69) is 10.2 Å². The van der Waals surface area contributed by atoms with Crippen LogP contribution >= 0.6 is 0 Å². The van der Waals surface area contributed by atoms with Crippen molar-refractivity contribution >= 4 is 5.91 Å². The number of benzene rings is 1. The second-order valence-electron chi connectivity index (χ2n) is 5.49. The maximum atomic E-state index is 13.2. The molecule has 1 atom stereocenters. The topological polar surface area (TPSA) is 35.6 Å². The zero-order valence-corrected chi connectivity index (χ0v) is 11.5. The van der Waals surface area contributed by atoms with Crippen LogP contribution in [0.25, 0.3) is 0 Å². The average molecular weight is 277 g/mol. The molecule has 1 unspecified atom stereocenters. The van der Waals surface area contributed by atoms with Gasteiger partial charge in [-0.05, 0) is 31.2 Å². The number of carbonyl (C=O) groups excluding carboxylic acids is 1. The SMILES string of the molecule is O=C(c1cccc(F)c1)N1CCN(C2CCNC2)CC1. The highest BCUT2D eigenvalue weighted by Gasteiger charge is 2.28. The second kappa shape index (κ2) is 5.89. The number of nitrogens with zero attached hydrogens (tertiary/aromatic N) is 2. The number of piperazine rings is 1. The predicted octanol–water partition coefficient (Wildman–Crippen LogP) is 0.945. The fourth-order valence-corrected chi connectivity index (χ4v) is 3.05. The third kappa shape index (κ3) is 2.83. The van der Waals surface area contributed by atoms with E-state index < -0.39 is 0 Å². The van der Waals surface area contributed by atoms with Crippen LogP contribution in [0.5, 0.6) is 0 Å². The molecule has 1 N–H and O–H groups in total. The van der Waals surface area contributed by atoms with Crippen molar-refractivity contribution < 1.29 is 9.18 Å². The number of carbonyl (C=O) groups is 1. The summed E-state index contributed by atoms with van der Waals surface area (Å²) >= 11 is 0. The highest BCUT2D eigenvalue weighted by Crippen LogP contribution is 2.14. The Morgan fingerprint density at radius 2 is 2.05 bits per heavy atom. The molecule has 2 heterocycles. The van der Waals surface area contributed by atoms with Crippen molar-refractivity contribution in [3.63, 3.8) is 0 Å². The highest BCUT2D eigenvalue weighted by molar-refractivity contribution is 5.94. The molecule has 4 nitrogen and oxygen atoms in total. The van der Waals surface area contributed by atoms with Crippen molar-refractivity contribution in [2.45, 2.75) is 12.5 Å². The molecule has 0 bridgehead atoms. The monoisotopic (exact) mass is 277 g/mol. The number of halogens is 1. The van der Waals surface area contributed by atoms with Gasteiger partial charge in [-0.25, -0.2) is 4.39 Å². The summed E-state index contributed by atoms with van der Waals surface area (Å²) in [6.45, 7) is 5.42. The van der Waals surface area contributed by atoms with E-state index in [-0.39, 0.29) is 11.7 Å². The van der Waals surface area contributed by atoms with Gasteiger partial charge in [-0.2, -0.15) is 0 Å². The summed E-state index contributed by atoms with van der Waals surface area (Å²) in [5.74, 6) is -0.416. The van der Waals surface area contributed by atoms with Crippen LogP contribution in [-0.4, -0.2) is 61.0 Å². The molecule has 5 heteroatoms. The number of amides is 1. The quantitative estimate of drug-likeness (QED) is 0.874. The summed E-state index contributed by atoms with van der Waals surface area (Å²) < 4.78 is 13.2. The van der Waals surface area contributed by atoms with Crippen LogP contribution in [-0.2, 0) is 0 Å². The van der Waals surface area contributed by atoms with E-state index in [0.29, 0.717) is 11.6 Å². The summed E-state index contributed by atoms with van der Waals surface area (Å²) in [4.78, 5) is 16.6. The zero-order chi connectivity index (χ0) is 13.9. The zero-order valence-electron chi connectivity index (χ0n) is 11.5. The van der Waals surface area contributed by atoms with Crippen molar-refractivity contribution in [1.29, 1.82) is 0 Å². The second-order valence-corrected chi connectivity index (χ2v) is 5.49. The van der Waals surface area contributed by atoms with Crippen LogP contribution in [0, 0.1) is 5.82 Å². The van der Waals surface area contributed by atoms with Crippen molar-refractivity contribution in [3.8, 4) is 0 Å².